The first-order valence-corrected chi connectivity index (χ1v) is 8.10. The zero-order valence-electron chi connectivity index (χ0n) is 12.8. The smallest absolute Gasteiger partial charge is 0.223 e. The lowest BCUT2D eigenvalue weighted by Crippen LogP contribution is -2.36. The molecule has 2 N–H and O–H groups in total. The molecule has 0 aliphatic heterocycles. The number of hydrogen-bond donors (Lipinski definition) is 2. The number of nitrogens with one attached hydrogen (secondary N) is 1. The molecule has 2 aliphatic rings. The van der Waals surface area contributed by atoms with Crippen LogP contribution in [0.15, 0.2) is 18.2 Å². The number of amides is 1. The highest BCUT2D eigenvalue weighted by Gasteiger charge is 2.54. The summed E-state index contributed by atoms with van der Waals surface area (Å²) in [4.78, 5) is 12.1. The van der Waals surface area contributed by atoms with Gasteiger partial charge < -0.3 is 15.2 Å². The summed E-state index contributed by atoms with van der Waals surface area (Å²) in [5, 5.41) is 12.6. The molecule has 0 spiro atoms. The van der Waals surface area contributed by atoms with Crippen LogP contribution < -0.4 is 10.1 Å². The minimum atomic E-state index is -0.998. The van der Waals surface area contributed by atoms with Crippen LogP contribution in [0.3, 0.4) is 0 Å². The van der Waals surface area contributed by atoms with Crippen LogP contribution in [0.2, 0.25) is 0 Å². The number of aliphatic hydroxyl groups is 1. The summed E-state index contributed by atoms with van der Waals surface area (Å²) in [7, 11) is 0. The summed E-state index contributed by atoms with van der Waals surface area (Å²) in [6.07, 6.45) is 3.77. The van der Waals surface area contributed by atoms with Gasteiger partial charge in [-0.3, -0.25) is 4.79 Å². The highest BCUT2D eigenvalue weighted by Crippen LogP contribution is 2.55. The van der Waals surface area contributed by atoms with E-state index in [4.69, 9.17) is 4.74 Å². The molecule has 0 saturated heterocycles. The minimum Gasteiger partial charge on any atom is -0.491 e. The van der Waals surface area contributed by atoms with Crippen molar-refractivity contribution in [2.75, 3.05) is 13.2 Å². The van der Waals surface area contributed by atoms with E-state index in [1.54, 1.807) is 0 Å². The van der Waals surface area contributed by atoms with E-state index in [0.29, 0.717) is 11.8 Å². The number of carbonyl (C=O) groups excluding carboxylic acids is 1. The molecule has 2 saturated carbocycles. The summed E-state index contributed by atoms with van der Waals surface area (Å²) < 4.78 is 31.0. The van der Waals surface area contributed by atoms with Crippen LogP contribution in [0, 0.1) is 29.4 Å². The summed E-state index contributed by atoms with van der Waals surface area (Å²) in [5.41, 5.74) is 0. The molecule has 0 aromatic heterocycles. The van der Waals surface area contributed by atoms with Crippen LogP contribution in [0.25, 0.3) is 0 Å². The quantitative estimate of drug-likeness (QED) is 0.843. The van der Waals surface area contributed by atoms with Gasteiger partial charge in [0.05, 0.1) is 0 Å². The molecular weight excluding hydrogens is 304 g/mol. The van der Waals surface area contributed by atoms with Crippen LogP contribution in [0.5, 0.6) is 5.75 Å². The molecule has 0 heterocycles. The van der Waals surface area contributed by atoms with Crippen molar-refractivity contribution in [2.24, 2.45) is 17.8 Å². The second-order valence-corrected chi connectivity index (χ2v) is 6.42. The van der Waals surface area contributed by atoms with E-state index in [1.165, 1.54) is 18.9 Å². The SMILES string of the molecule is O=C(NCC(O)COc1ccc(F)c(F)c1)C1C2CCCCC21. The molecule has 2 aliphatic carbocycles. The Balaban J connectivity index is 1.38. The van der Waals surface area contributed by atoms with Crippen molar-refractivity contribution in [3.8, 4) is 5.75 Å². The average molecular weight is 325 g/mol. The molecule has 0 bridgehead atoms. The van der Waals surface area contributed by atoms with Gasteiger partial charge in [0.15, 0.2) is 11.6 Å². The largest absolute Gasteiger partial charge is 0.491 e. The first-order valence-electron chi connectivity index (χ1n) is 8.10. The maximum absolute atomic E-state index is 13.0. The highest BCUT2D eigenvalue weighted by atomic mass is 19.2. The molecule has 23 heavy (non-hydrogen) atoms. The van der Waals surface area contributed by atoms with E-state index in [2.05, 4.69) is 5.32 Å². The standard InChI is InChI=1S/C17H21F2NO3/c18-14-6-5-11(7-15(14)19)23-9-10(21)8-20-17(22)16-12-3-1-2-4-13(12)16/h5-7,10,12-13,16,21H,1-4,8-9H2,(H,20,22). The number of halogens is 2. The summed E-state index contributed by atoms with van der Waals surface area (Å²) in [5.74, 6) is -0.635. The zero-order valence-corrected chi connectivity index (χ0v) is 12.8. The number of carbonyl (C=O) groups is 1. The molecule has 3 atom stereocenters. The van der Waals surface area contributed by atoms with Gasteiger partial charge in [0, 0.05) is 18.5 Å². The monoisotopic (exact) mass is 325 g/mol. The summed E-state index contributed by atoms with van der Waals surface area (Å²) in [6.45, 7) is 0.00132. The molecule has 4 nitrogen and oxygen atoms in total. The van der Waals surface area contributed by atoms with Crippen molar-refractivity contribution >= 4 is 5.91 Å². The number of ether oxygens (including phenoxy) is 1. The number of benzene rings is 1. The Labute approximate surface area is 133 Å². The van der Waals surface area contributed by atoms with Gasteiger partial charge in [-0.15, -0.1) is 0 Å². The molecule has 3 rings (SSSR count). The van der Waals surface area contributed by atoms with Crippen LogP contribution in [-0.4, -0.2) is 30.3 Å². The Kier molecular flexibility index (Phi) is 4.80. The molecule has 2 fully saturated rings. The molecule has 1 aromatic carbocycles. The maximum atomic E-state index is 13.0. The van der Waals surface area contributed by atoms with Crippen LogP contribution in [0.4, 0.5) is 8.78 Å². The fourth-order valence-corrected chi connectivity index (χ4v) is 3.54. The van der Waals surface area contributed by atoms with Gasteiger partial charge in [-0.25, -0.2) is 8.78 Å². The van der Waals surface area contributed by atoms with Gasteiger partial charge in [-0.05, 0) is 36.8 Å². The van der Waals surface area contributed by atoms with Crippen LogP contribution in [0.1, 0.15) is 25.7 Å². The second-order valence-electron chi connectivity index (χ2n) is 6.42. The number of aliphatic hydroxyl groups excluding tert-OH is 1. The average Bonchev–Trinajstić information content (AvgIpc) is 3.28. The van der Waals surface area contributed by atoms with Crippen molar-refractivity contribution in [3.63, 3.8) is 0 Å². The maximum Gasteiger partial charge on any atom is 0.223 e. The van der Waals surface area contributed by atoms with E-state index in [9.17, 15) is 18.7 Å². The van der Waals surface area contributed by atoms with E-state index >= 15 is 0 Å². The predicted octanol–water partition coefficient (Wildman–Crippen LogP) is 2.26. The first kappa shape index (κ1) is 16.2. The van der Waals surface area contributed by atoms with Gasteiger partial charge in [-0.2, -0.15) is 0 Å². The first-order chi connectivity index (χ1) is 11.1. The Morgan fingerprint density at radius 2 is 1.96 bits per heavy atom. The highest BCUT2D eigenvalue weighted by molar-refractivity contribution is 5.82. The Hall–Kier alpha value is -1.69. The lowest BCUT2D eigenvalue weighted by molar-refractivity contribution is -0.123. The van der Waals surface area contributed by atoms with Crippen molar-refractivity contribution in [3.05, 3.63) is 29.8 Å². The topological polar surface area (TPSA) is 58.6 Å². The predicted molar refractivity (Wildman–Crippen MR) is 79.8 cm³/mol. The Morgan fingerprint density at radius 1 is 1.26 bits per heavy atom. The lowest BCUT2D eigenvalue weighted by atomic mass is 10.0. The van der Waals surface area contributed by atoms with E-state index in [1.807, 2.05) is 0 Å². The molecule has 3 unspecified atom stereocenters. The second kappa shape index (κ2) is 6.83. The van der Waals surface area contributed by atoms with E-state index < -0.39 is 17.7 Å². The third-order valence-corrected chi connectivity index (χ3v) is 4.80. The number of hydrogen-bond acceptors (Lipinski definition) is 3. The Morgan fingerprint density at radius 3 is 2.61 bits per heavy atom. The Bertz CT molecular complexity index is 569. The zero-order chi connectivity index (χ0) is 16.4. The van der Waals surface area contributed by atoms with Crippen molar-refractivity contribution < 1.29 is 23.4 Å². The van der Waals surface area contributed by atoms with E-state index in [-0.39, 0.29) is 30.7 Å². The third kappa shape index (κ3) is 3.80. The van der Waals surface area contributed by atoms with Gasteiger partial charge in [-0.1, -0.05) is 12.8 Å². The molecule has 1 amide bonds. The number of fused-ring (bicyclic) bond motifs is 1. The summed E-state index contributed by atoms with van der Waals surface area (Å²) in [6, 6.07) is 3.18. The molecule has 1 aromatic rings. The van der Waals surface area contributed by atoms with Crippen LogP contribution >= 0.6 is 0 Å². The molecule has 0 radical (unpaired) electrons. The third-order valence-electron chi connectivity index (χ3n) is 4.80. The van der Waals surface area contributed by atoms with Crippen molar-refractivity contribution in [1.82, 2.24) is 5.32 Å². The lowest BCUT2D eigenvalue weighted by Gasteiger charge is -2.13. The van der Waals surface area contributed by atoms with Gasteiger partial charge in [0.25, 0.3) is 0 Å². The van der Waals surface area contributed by atoms with E-state index in [0.717, 1.165) is 25.0 Å². The fourth-order valence-electron chi connectivity index (χ4n) is 3.54. The number of rotatable bonds is 6. The van der Waals surface area contributed by atoms with Gasteiger partial charge in [0.2, 0.25) is 5.91 Å². The van der Waals surface area contributed by atoms with Crippen LogP contribution in [-0.2, 0) is 4.79 Å². The normalized spacial score (nSPS) is 27.0. The molecular formula is C17H21F2NO3. The molecule has 6 heteroatoms. The van der Waals surface area contributed by atoms with Crippen molar-refractivity contribution in [1.29, 1.82) is 0 Å². The minimum absolute atomic E-state index is 0.00813. The fraction of sp³-hybridized carbons (Fsp3) is 0.588. The molecule has 126 valence electrons. The van der Waals surface area contributed by atoms with Crippen molar-refractivity contribution in [2.45, 2.75) is 31.8 Å². The summed E-state index contributed by atoms with van der Waals surface area (Å²) >= 11 is 0. The van der Waals surface area contributed by atoms with Gasteiger partial charge >= 0.3 is 0 Å². The van der Waals surface area contributed by atoms with Gasteiger partial charge in [0.1, 0.15) is 18.5 Å².